The molecule has 0 radical (unpaired) electrons. The second-order valence-electron chi connectivity index (χ2n) is 4.00. The number of carbonyl (C=O) groups is 1. The number of nitrogens with zero attached hydrogens (tertiary/aromatic N) is 1. The van der Waals surface area contributed by atoms with E-state index in [1.165, 1.54) is 12.1 Å². The van der Waals surface area contributed by atoms with E-state index in [9.17, 15) is 19.3 Å². The highest BCUT2D eigenvalue weighted by molar-refractivity contribution is 6.05. The summed E-state index contributed by atoms with van der Waals surface area (Å²) in [5.41, 5.74) is 5.61. The number of carbonyl (C=O) groups excluding carboxylic acids is 1. The number of nitrogen functional groups attached to an aromatic ring is 1. The van der Waals surface area contributed by atoms with Gasteiger partial charge in [-0.15, -0.1) is 0 Å². The quantitative estimate of drug-likeness (QED) is 0.511. The van der Waals surface area contributed by atoms with Crippen molar-refractivity contribution in [1.82, 2.24) is 0 Å². The third-order valence-corrected chi connectivity index (χ3v) is 2.55. The summed E-state index contributed by atoms with van der Waals surface area (Å²) < 4.78 is 13.0. The van der Waals surface area contributed by atoms with Crippen LogP contribution in [0, 0.1) is 15.9 Å². The van der Waals surface area contributed by atoms with Gasteiger partial charge in [0.25, 0.3) is 11.6 Å². The van der Waals surface area contributed by atoms with Crippen molar-refractivity contribution in [1.29, 1.82) is 0 Å². The molecule has 2 aromatic rings. The number of nitrogens with one attached hydrogen (secondary N) is 1. The van der Waals surface area contributed by atoms with Gasteiger partial charge >= 0.3 is 0 Å². The minimum atomic E-state index is -0.766. The number of nitrogens with two attached hydrogens (primary N) is 1. The molecule has 1 amide bonds. The maximum Gasteiger partial charge on any atom is 0.295 e. The van der Waals surface area contributed by atoms with Crippen LogP contribution >= 0.6 is 0 Å². The molecule has 0 aliphatic heterocycles. The molecule has 0 spiro atoms. The molecule has 0 saturated heterocycles. The number of nitro groups is 1. The lowest BCUT2D eigenvalue weighted by atomic mass is 10.2. The predicted octanol–water partition coefficient (Wildman–Crippen LogP) is 2.57. The molecule has 2 rings (SSSR count). The van der Waals surface area contributed by atoms with Crippen LogP contribution in [-0.4, -0.2) is 10.8 Å². The van der Waals surface area contributed by atoms with E-state index in [-0.39, 0.29) is 11.3 Å². The Morgan fingerprint density at radius 1 is 1.25 bits per heavy atom. The molecule has 102 valence electrons. The van der Waals surface area contributed by atoms with Gasteiger partial charge in [0, 0.05) is 11.3 Å². The molecule has 3 N–H and O–H groups in total. The summed E-state index contributed by atoms with van der Waals surface area (Å²) in [4.78, 5) is 22.0. The van der Waals surface area contributed by atoms with Crippen molar-refractivity contribution in [2.24, 2.45) is 0 Å². The predicted molar refractivity (Wildman–Crippen MR) is 71.9 cm³/mol. The molecule has 0 heterocycles. The zero-order valence-electron chi connectivity index (χ0n) is 10.2. The second-order valence-corrected chi connectivity index (χ2v) is 4.00. The average molecular weight is 275 g/mol. The normalized spacial score (nSPS) is 10.1. The minimum absolute atomic E-state index is 0.0798. The van der Waals surface area contributed by atoms with E-state index < -0.39 is 22.3 Å². The van der Waals surface area contributed by atoms with Crippen LogP contribution in [0.1, 0.15) is 10.4 Å². The first-order valence-electron chi connectivity index (χ1n) is 5.58. The van der Waals surface area contributed by atoms with E-state index in [4.69, 9.17) is 5.73 Å². The van der Waals surface area contributed by atoms with Gasteiger partial charge in [0.05, 0.1) is 11.0 Å². The fourth-order valence-electron chi connectivity index (χ4n) is 1.64. The van der Waals surface area contributed by atoms with Gasteiger partial charge in [0.2, 0.25) is 0 Å². The van der Waals surface area contributed by atoms with E-state index in [0.717, 1.165) is 18.2 Å². The molecule has 0 fully saturated rings. The lowest BCUT2D eigenvalue weighted by Crippen LogP contribution is -2.13. The van der Waals surface area contributed by atoms with Gasteiger partial charge < -0.3 is 11.1 Å². The van der Waals surface area contributed by atoms with Gasteiger partial charge in [0.1, 0.15) is 11.5 Å². The van der Waals surface area contributed by atoms with Gasteiger partial charge in [-0.2, -0.15) is 0 Å². The van der Waals surface area contributed by atoms with E-state index in [0.29, 0.717) is 5.69 Å². The molecular formula is C13H10FN3O3. The van der Waals surface area contributed by atoms with Gasteiger partial charge in [-0.3, -0.25) is 14.9 Å². The van der Waals surface area contributed by atoms with Crippen molar-refractivity contribution < 1.29 is 14.1 Å². The number of benzene rings is 2. The van der Waals surface area contributed by atoms with Crippen molar-refractivity contribution in [2.75, 3.05) is 11.1 Å². The summed E-state index contributed by atoms with van der Waals surface area (Å²) in [5, 5.41) is 13.2. The fraction of sp³-hybridized carbons (Fsp3) is 0. The topological polar surface area (TPSA) is 98.3 Å². The molecule has 0 unspecified atom stereocenters. The smallest absolute Gasteiger partial charge is 0.295 e. The van der Waals surface area contributed by atoms with E-state index in [1.807, 2.05) is 0 Å². The lowest BCUT2D eigenvalue weighted by molar-refractivity contribution is -0.384. The van der Waals surface area contributed by atoms with Crippen LogP contribution in [0.15, 0.2) is 42.5 Å². The van der Waals surface area contributed by atoms with Crippen LogP contribution in [-0.2, 0) is 0 Å². The first kappa shape index (κ1) is 13.5. The minimum Gasteiger partial charge on any atom is -0.399 e. The summed E-state index contributed by atoms with van der Waals surface area (Å²) in [5.74, 6) is -1.31. The highest BCUT2D eigenvalue weighted by atomic mass is 19.1. The Kier molecular flexibility index (Phi) is 3.60. The number of anilines is 2. The molecule has 20 heavy (non-hydrogen) atoms. The SMILES string of the molecule is Nc1cccc(C(=O)Nc2ccc(F)cc2[N+](=O)[O-])c1. The Morgan fingerprint density at radius 2 is 2.00 bits per heavy atom. The molecule has 0 saturated carbocycles. The van der Waals surface area contributed by atoms with Crippen LogP contribution in [0.25, 0.3) is 0 Å². The average Bonchev–Trinajstić information content (AvgIpc) is 2.40. The number of amides is 1. The molecule has 7 heteroatoms. The fourth-order valence-corrected chi connectivity index (χ4v) is 1.64. The first-order valence-corrected chi connectivity index (χ1v) is 5.58. The maximum absolute atomic E-state index is 13.0. The zero-order valence-corrected chi connectivity index (χ0v) is 10.2. The Morgan fingerprint density at radius 3 is 2.65 bits per heavy atom. The van der Waals surface area contributed by atoms with Gasteiger partial charge in [-0.1, -0.05) is 6.07 Å². The Balaban J connectivity index is 2.30. The van der Waals surface area contributed by atoms with E-state index in [2.05, 4.69) is 5.32 Å². The Hall–Kier alpha value is -2.96. The monoisotopic (exact) mass is 275 g/mol. The standard InChI is InChI=1S/C13H10FN3O3/c14-9-4-5-11(12(7-9)17(19)20)16-13(18)8-2-1-3-10(15)6-8/h1-7H,15H2,(H,16,18). The zero-order chi connectivity index (χ0) is 14.7. The third kappa shape index (κ3) is 2.89. The Labute approximate surface area is 113 Å². The van der Waals surface area contributed by atoms with E-state index >= 15 is 0 Å². The summed E-state index contributed by atoms with van der Waals surface area (Å²) in [6, 6.07) is 9.06. The Bertz CT molecular complexity index is 688. The van der Waals surface area contributed by atoms with Crippen LogP contribution in [0.3, 0.4) is 0 Å². The van der Waals surface area contributed by atoms with E-state index in [1.54, 1.807) is 12.1 Å². The summed E-state index contributed by atoms with van der Waals surface area (Å²) in [7, 11) is 0. The summed E-state index contributed by atoms with van der Waals surface area (Å²) in [6.07, 6.45) is 0. The molecule has 0 atom stereocenters. The van der Waals surface area contributed by atoms with Crippen LogP contribution < -0.4 is 11.1 Å². The number of hydrogen-bond acceptors (Lipinski definition) is 4. The third-order valence-electron chi connectivity index (χ3n) is 2.55. The van der Waals surface area contributed by atoms with Crippen LogP contribution in [0.5, 0.6) is 0 Å². The van der Waals surface area contributed by atoms with Crippen molar-refractivity contribution in [3.05, 3.63) is 64.0 Å². The van der Waals surface area contributed by atoms with Crippen molar-refractivity contribution in [3.8, 4) is 0 Å². The molecule has 0 aliphatic rings. The first-order chi connectivity index (χ1) is 9.47. The maximum atomic E-state index is 13.0. The van der Waals surface area contributed by atoms with Crippen molar-refractivity contribution in [2.45, 2.75) is 0 Å². The molecule has 0 bridgehead atoms. The van der Waals surface area contributed by atoms with Crippen molar-refractivity contribution in [3.63, 3.8) is 0 Å². The highest BCUT2D eigenvalue weighted by Gasteiger charge is 2.17. The molecule has 2 aromatic carbocycles. The van der Waals surface area contributed by atoms with Gasteiger partial charge in [-0.05, 0) is 30.3 Å². The van der Waals surface area contributed by atoms with Crippen LogP contribution in [0.2, 0.25) is 0 Å². The number of nitro benzene ring substituents is 1. The lowest BCUT2D eigenvalue weighted by Gasteiger charge is -2.06. The van der Waals surface area contributed by atoms with Crippen molar-refractivity contribution >= 4 is 23.0 Å². The molecule has 0 aromatic heterocycles. The number of halogens is 1. The summed E-state index contributed by atoms with van der Waals surface area (Å²) >= 11 is 0. The largest absolute Gasteiger partial charge is 0.399 e. The number of hydrogen-bond donors (Lipinski definition) is 2. The second kappa shape index (κ2) is 5.35. The molecule has 6 nitrogen and oxygen atoms in total. The summed E-state index contributed by atoms with van der Waals surface area (Å²) in [6.45, 7) is 0. The molecule has 0 aliphatic carbocycles. The number of rotatable bonds is 3. The van der Waals surface area contributed by atoms with Crippen LogP contribution in [0.4, 0.5) is 21.5 Å². The highest BCUT2D eigenvalue weighted by Crippen LogP contribution is 2.25. The van der Waals surface area contributed by atoms with Gasteiger partial charge in [-0.25, -0.2) is 4.39 Å². The van der Waals surface area contributed by atoms with Gasteiger partial charge in [0.15, 0.2) is 0 Å². The molecular weight excluding hydrogens is 265 g/mol.